The molecule has 0 amide bonds. The van der Waals surface area contributed by atoms with Crippen LogP contribution in [0.25, 0.3) is 0 Å². The van der Waals surface area contributed by atoms with Crippen molar-refractivity contribution in [1.29, 1.82) is 0 Å². The lowest BCUT2D eigenvalue weighted by Gasteiger charge is -2.28. The predicted molar refractivity (Wildman–Crippen MR) is 116 cm³/mol. The fourth-order valence-corrected chi connectivity index (χ4v) is 5.21. The molecule has 2 N–H and O–H groups in total. The quantitative estimate of drug-likeness (QED) is 0.635. The fourth-order valence-electron chi connectivity index (χ4n) is 3.21. The predicted octanol–water partition coefficient (Wildman–Crippen LogP) is 3.15. The minimum atomic E-state index is -1.56. The van der Waals surface area contributed by atoms with Gasteiger partial charge in [-0.15, -0.1) is 0 Å². The van der Waals surface area contributed by atoms with Crippen molar-refractivity contribution in [2.75, 3.05) is 0 Å². The van der Waals surface area contributed by atoms with Gasteiger partial charge in [0, 0.05) is 5.56 Å². The van der Waals surface area contributed by atoms with Crippen molar-refractivity contribution >= 4 is 19.4 Å². The molecular formula is C24H27O3Si. The normalized spacial score (nSPS) is 11.6. The highest BCUT2D eigenvalue weighted by Gasteiger charge is 2.28. The van der Waals surface area contributed by atoms with Crippen LogP contribution in [-0.2, 0) is 18.6 Å². The van der Waals surface area contributed by atoms with Gasteiger partial charge in [0.2, 0.25) is 0 Å². The largest absolute Gasteiger partial charge is 0.532 e. The molecule has 3 rings (SSSR count). The van der Waals surface area contributed by atoms with Crippen LogP contribution in [0.15, 0.2) is 72.8 Å². The Hall–Kier alpha value is -2.40. The average Bonchev–Trinajstić information content (AvgIpc) is 2.72. The monoisotopic (exact) mass is 391 g/mol. The zero-order valence-corrected chi connectivity index (χ0v) is 17.6. The molecule has 0 aromatic heterocycles. The van der Waals surface area contributed by atoms with E-state index < -0.39 is 9.04 Å². The maximum Gasteiger partial charge on any atom is 0.352 e. The minimum absolute atomic E-state index is 0.0639. The van der Waals surface area contributed by atoms with E-state index in [0.717, 1.165) is 27.2 Å². The lowest BCUT2D eigenvalue weighted by molar-refractivity contribution is 0.272. The topological polar surface area (TPSA) is 49.7 Å². The molecule has 4 heteroatoms. The molecule has 0 aliphatic carbocycles. The van der Waals surface area contributed by atoms with E-state index in [-0.39, 0.29) is 18.6 Å². The number of benzene rings is 3. The van der Waals surface area contributed by atoms with Gasteiger partial charge in [-0.05, 0) is 39.0 Å². The van der Waals surface area contributed by atoms with Crippen molar-refractivity contribution in [1.82, 2.24) is 0 Å². The first-order valence-corrected chi connectivity index (χ1v) is 10.9. The Labute approximate surface area is 169 Å². The van der Waals surface area contributed by atoms with Crippen molar-refractivity contribution in [3.8, 4) is 5.75 Å². The van der Waals surface area contributed by atoms with Gasteiger partial charge in [0.05, 0.1) is 13.2 Å². The van der Waals surface area contributed by atoms with E-state index >= 15 is 0 Å². The third-order valence-electron chi connectivity index (χ3n) is 4.66. The molecule has 28 heavy (non-hydrogen) atoms. The Morgan fingerprint density at radius 3 is 1.75 bits per heavy atom. The number of hydrogen-bond acceptors (Lipinski definition) is 3. The first kappa shape index (κ1) is 20.3. The Balaban J connectivity index is 2.15. The van der Waals surface area contributed by atoms with Crippen LogP contribution in [0, 0.1) is 0 Å². The molecule has 0 aliphatic rings. The van der Waals surface area contributed by atoms with E-state index in [0.29, 0.717) is 5.56 Å². The summed E-state index contributed by atoms with van der Waals surface area (Å²) in [6.07, 6.45) is 0. The van der Waals surface area contributed by atoms with Crippen molar-refractivity contribution in [2.24, 2.45) is 0 Å². The molecule has 3 aromatic rings. The number of aliphatic hydroxyl groups is 2. The maximum atomic E-state index is 10.0. The molecule has 0 saturated carbocycles. The van der Waals surface area contributed by atoms with Gasteiger partial charge < -0.3 is 14.6 Å². The van der Waals surface area contributed by atoms with E-state index in [9.17, 15) is 10.2 Å². The van der Waals surface area contributed by atoms with Gasteiger partial charge in [-0.25, -0.2) is 0 Å². The van der Waals surface area contributed by atoms with Crippen LogP contribution in [0.4, 0.5) is 0 Å². The van der Waals surface area contributed by atoms with Crippen molar-refractivity contribution in [3.63, 3.8) is 0 Å². The van der Waals surface area contributed by atoms with Crippen LogP contribution in [0.1, 0.15) is 37.5 Å². The summed E-state index contributed by atoms with van der Waals surface area (Å²) in [7, 11) is -1.56. The van der Waals surface area contributed by atoms with Gasteiger partial charge >= 0.3 is 9.04 Å². The number of aliphatic hydroxyl groups excluding tert-OH is 2. The summed E-state index contributed by atoms with van der Waals surface area (Å²) in [6.45, 7) is 6.16. The number of rotatable bonds is 6. The Kier molecular flexibility index (Phi) is 6.34. The summed E-state index contributed by atoms with van der Waals surface area (Å²) >= 11 is 0. The average molecular weight is 392 g/mol. The molecule has 0 bridgehead atoms. The molecule has 0 saturated heterocycles. The van der Waals surface area contributed by atoms with Crippen LogP contribution in [0.2, 0.25) is 0 Å². The summed E-state index contributed by atoms with van der Waals surface area (Å²) in [4.78, 5) is 0. The number of hydrogen-bond donors (Lipinski definition) is 2. The van der Waals surface area contributed by atoms with Gasteiger partial charge in [0.25, 0.3) is 0 Å². The zero-order chi connectivity index (χ0) is 20.1. The highest BCUT2D eigenvalue weighted by Crippen LogP contribution is 2.36. The van der Waals surface area contributed by atoms with E-state index in [4.69, 9.17) is 4.43 Å². The summed E-state index contributed by atoms with van der Waals surface area (Å²) in [5.74, 6) is 0.730. The molecule has 0 aliphatic heterocycles. The Morgan fingerprint density at radius 1 is 0.786 bits per heavy atom. The van der Waals surface area contributed by atoms with Crippen molar-refractivity contribution in [2.45, 2.75) is 39.4 Å². The van der Waals surface area contributed by atoms with E-state index in [1.807, 2.05) is 48.5 Å². The molecule has 0 heterocycles. The molecule has 0 unspecified atom stereocenters. The van der Waals surface area contributed by atoms with Crippen LogP contribution < -0.4 is 14.8 Å². The molecule has 1 radical (unpaired) electrons. The van der Waals surface area contributed by atoms with Gasteiger partial charge in [-0.1, -0.05) is 81.4 Å². The standard InChI is InChI=1S/C24H27O3Si/c1-24(2,3)22-15-18(16-25)14-19(17-26)23(22)27-28(20-10-6-4-7-11-20)21-12-8-5-9-13-21/h4-15,25-26H,16-17H2,1-3H3. The third kappa shape index (κ3) is 4.53. The lowest BCUT2D eigenvalue weighted by atomic mass is 9.84. The van der Waals surface area contributed by atoms with Gasteiger partial charge in [-0.3, -0.25) is 0 Å². The zero-order valence-electron chi connectivity index (χ0n) is 16.6. The highest BCUT2D eigenvalue weighted by molar-refractivity contribution is 6.80. The molecule has 3 nitrogen and oxygen atoms in total. The van der Waals surface area contributed by atoms with Gasteiger partial charge in [0.15, 0.2) is 0 Å². The molecule has 3 aromatic carbocycles. The molecule has 0 atom stereocenters. The molecule has 0 fully saturated rings. The maximum absolute atomic E-state index is 10.0. The second kappa shape index (κ2) is 8.74. The van der Waals surface area contributed by atoms with Crippen LogP contribution in [0.5, 0.6) is 5.75 Å². The Bertz CT molecular complexity index is 863. The first-order chi connectivity index (χ1) is 13.4. The SMILES string of the molecule is CC(C)(C)c1cc(CO)cc(CO)c1O[Si](c1ccccc1)c1ccccc1. The van der Waals surface area contributed by atoms with Gasteiger partial charge in [-0.2, -0.15) is 0 Å². The van der Waals surface area contributed by atoms with E-state index in [1.165, 1.54) is 0 Å². The summed E-state index contributed by atoms with van der Waals surface area (Å²) < 4.78 is 6.73. The van der Waals surface area contributed by atoms with Gasteiger partial charge in [0.1, 0.15) is 5.75 Å². The summed E-state index contributed by atoms with van der Waals surface area (Å²) in [5, 5.41) is 22.0. The smallest absolute Gasteiger partial charge is 0.352 e. The lowest BCUT2D eigenvalue weighted by Crippen LogP contribution is -2.48. The highest BCUT2D eigenvalue weighted by atomic mass is 28.3. The molecular weight excluding hydrogens is 364 g/mol. The fraction of sp³-hybridized carbons (Fsp3) is 0.250. The Morgan fingerprint density at radius 2 is 1.32 bits per heavy atom. The first-order valence-electron chi connectivity index (χ1n) is 9.47. The van der Waals surface area contributed by atoms with E-state index in [2.05, 4.69) is 45.0 Å². The third-order valence-corrected chi connectivity index (χ3v) is 6.79. The molecule has 0 spiro atoms. The van der Waals surface area contributed by atoms with Crippen LogP contribution in [0.3, 0.4) is 0 Å². The van der Waals surface area contributed by atoms with E-state index in [1.54, 1.807) is 0 Å². The van der Waals surface area contributed by atoms with Crippen molar-refractivity contribution in [3.05, 3.63) is 89.5 Å². The summed E-state index contributed by atoms with van der Waals surface area (Å²) in [5.41, 5.74) is 2.31. The minimum Gasteiger partial charge on any atom is -0.532 e. The van der Waals surface area contributed by atoms with Crippen LogP contribution in [-0.4, -0.2) is 19.3 Å². The second-order valence-electron chi connectivity index (χ2n) is 7.86. The van der Waals surface area contributed by atoms with Crippen molar-refractivity contribution < 1.29 is 14.6 Å². The molecule has 145 valence electrons. The second-order valence-corrected chi connectivity index (χ2v) is 9.88. The van der Waals surface area contributed by atoms with Crippen LogP contribution >= 0.6 is 0 Å². The summed E-state index contributed by atoms with van der Waals surface area (Å²) in [6, 6.07) is 24.3.